The number of benzene rings is 2. The monoisotopic (exact) mass is 311 g/mol. The highest BCUT2D eigenvalue weighted by molar-refractivity contribution is 5.94. The fraction of sp³-hybridized carbons (Fsp3) is 0.118. The third kappa shape index (κ3) is 2.83. The van der Waals surface area contributed by atoms with E-state index in [9.17, 15) is 9.18 Å². The van der Waals surface area contributed by atoms with Crippen molar-refractivity contribution < 1.29 is 13.9 Å². The number of rotatable bonds is 3. The van der Waals surface area contributed by atoms with Crippen LogP contribution in [0, 0.1) is 5.82 Å². The molecule has 0 bridgehead atoms. The normalized spacial score (nSPS) is 10.6. The summed E-state index contributed by atoms with van der Waals surface area (Å²) in [4.78, 5) is 20.7. The van der Waals surface area contributed by atoms with E-state index in [0.717, 1.165) is 5.56 Å². The van der Waals surface area contributed by atoms with E-state index in [0.29, 0.717) is 28.1 Å². The van der Waals surface area contributed by atoms with E-state index in [-0.39, 0.29) is 5.82 Å². The summed E-state index contributed by atoms with van der Waals surface area (Å²) in [6, 6.07) is 11.0. The topological polar surface area (TPSA) is 64.1 Å². The van der Waals surface area contributed by atoms with Gasteiger partial charge in [0.2, 0.25) is 0 Å². The third-order valence-electron chi connectivity index (χ3n) is 3.44. The number of nitrogens with one attached hydrogen (secondary N) is 1. The molecule has 0 aliphatic heterocycles. The number of hydrogen-bond donors (Lipinski definition) is 1. The molecule has 1 aromatic heterocycles. The number of carbonyl (C=O) groups excluding carboxylic acids is 1. The van der Waals surface area contributed by atoms with Crippen molar-refractivity contribution in [3.05, 3.63) is 53.8 Å². The minimum atomic E-state index is -0.428. The third-order valence-corrected chi connectivity index (χ3v) is 3.44. The Labute approximate surface area is 132 Å². The van der Waals surface area contributed by atoms with Crippen LogP contribution in [0.1, 0.15) is 10.4 Å². The van der Waals surface area contributed by atoms with Crippen molar-refractivity contribution in [2.24, 2.45) is 0 Å². The van der Waals surface area contributed by atoms with Crippen molar-refractivity contribution in [1.29, 1.82) is 0 Å². The number of anilines is 1. The molecule has 0 saturated carbocycles. The Morgan fingerprint density at radius 3 is 2.48 bits per heavy atom. The van der Waals surface area contributed by atoms with Gasteiger partial charge in [-0.15, -0.1) is 0 Å². The van der Waals surface area contributed by atoms with Crippen molar-refractivity contribution in [1.82, 2.24) is 9.97 Å². The molecule has 0 radical (unpaired) electrons. The second kappa shape index (κ2) is 6.00. The van der Waals surface area contributed by atoms with Gasteiger partial charge in [0.05, 0.1) is 23.7 Å². The Balaban J connectivity index is 2.16. The molecule has 116 valence electrons. The van der Waals surface area contributed by atoms with Crippen LogP contribution in [0.5, 0.6) is 0 Å². The Kier molecular flexibility index (Phi) is 3.89. The van der Waals surface area contributed by atoms with E-state index in [1.807, 2.05) is 0 Å². The summed E-state index contributed by atoms with van der Waals surface area (Å²) in [6.07, 6.45) is 0. The summed E-state index contributed by atoms with van der Waals surface area (Å²) in [5.74, 6) is -0.190. The van der Waals surface area contributed by atoms with Crippen LogP contribution < -0.4 is 5.32 Å². The van der Waals surface area contributed by atoms with Crippen molar-refractivity contribution in [2.75, 3.05) is 19.5 Å². The molecular weight excluding hydrogens is 297 g/mol. The van der Waals surface area contributed by atoms with Gasteiger partial charge in [0, 0.05) is 12.6 Å². The zero-order valence-electron chi connectivity index (χ0n) is 12.6. The van der Waals surface area contributed by atoms with Gasteiger partial charge in [-0.2, -0.15) is 0 Å². The highest BCUT2D eigenvalue weighted by atomic mass is 19.1. The van der Waals surface area contributed by atoms with Gasteiger partial charge in [0.25, 0.3) is 0 Å². The molecule has 1 N–H and O–H groups in total. The predicted octanol–water partition coefficient (Wildman–Crippen LogP) is 3.26. The molecule has 3 rings (SSSR count). The Bertz CT molecular complexity index is 879. The van der Waals surface area contributed by atoms with E-state index in [1.54, 1.807) is 37.4 Å². The van der Waals surface area contributed by atoms with Gasteiger partial charge in [-0.1, -0.05) is 0 Å². The van der Waals surface area contributed by atoms with Gasteiger partial charge in [0.15, 0.2) is 5.82 Å². The molecule has 0 fully saturated rings. The molecular formula is C17H14FN3O2. The summed E-state index contributed by atoms with van der Waals surface area (Å²) >= 11 is 0. The standard InChI is InChI=1S/C17H14FN3O2/c1-19-16-15(10-3-6-12(18)7-4-10)20-13-8-5-11(17(22)23-2)9-14(13)21-16/h3-9H,1-2H3,(H,19,21). The Morgan fingerprint density at radius 1 is 1.09 bits per heavy atom. The average molecular weight is 311 g/mol. The van der Waals surface area contributed by atoms with Crippen LogP contribution >= 0.6 is 0 Å². The summed E-state index contributed by atoms with van der Waals surface area (Å²) in [5, 5.41) is 2.98. The number of aromatic nitrogens is 2. The molecule has 0 atom stereocenters. The molecule has 0 aliphatic rings. The van der Waals surface area contributed by atoms with Crippen molar-refractivity contribution >= 4 is 22.8 Å². The van der Waals surface area contributed by atoms with Crippen LogP contribution in [0.4, 0.5) is 10.2 Å². The van der Waals surface area contributed by atoms with Gasteiger partial charge in [-0.25, -0.2) is 19.2 Å². The quantitative estimate of drug-likeness (QED) is 0.752. The van der Waals surface area contributed by atoms with E-state index in [4.69, 9.17) is 4.74 Å². The maximum absolute atomic E-state index is 13.1. The molecule has 0 saturated heterocycles. The lowest BCUT2D eigenvalue weighted by Gasteiger charge is -2.10. The SMILES string of the molecule is CNc1nc2cc(C(=O)OC)ccc2nc1-c1ccc(F)cc1. The molecule has 6 heteroatoms. The first kappa shape index (κ1) is 14.9. The maximum atomic E-state index is 13.1. The smallest absolute Gasteiger partial charge is 0.337 e. The molecule has 0 unspecified atom stereocenters. The molecule has 2 aromatic carbocycles. The van der Waals surface area contributed by atoms with E-state index in [1.165, 1.54) is 19.2 Å². The lowest BCUT2D eigenvalue weighted by molar-refractivity contribution is 0.0601. The first-order chi connectivity index (χ1) is 11.1. The summed E-state index contributed by atoms with van der Waals surface area (Å²) in [6.45, 7) is 0. The fourth-order valence-corrected chi connectivity index (χ4v) is 2.28. The lowest BCUT2D eigenvalue weighted by Crippen LogP contribution is -2.03. The number of methoxy groups -OCH3 is 1. The predicted molar refractivity (Wildman–Crippen MR) is 85.8 cm³/mol. The van der Waals surface area contributed by atoms with Gasteiger partial charge >= 0.3 is 5.97 Å². The molecule has 0 spiro atoms. The van der Waals surface area contributed by atoms with Crippen LogP contribution in [-0.2, 0) is 4.74 Å². The van der Waals surface area contributed by atoms with Gasteiger partial charge in [-0.05, 0) is 42.5 Å². The summed E-state index contributed by atoms with van der Waals surface area (Å²) < 4.78 is 17.8. The van der Waals surface area contributed by atoms with Gasteiger partial charge in [-0.3, -0.25) is 0 Å². The number of esters is 1. The number of ether oxygens (including phenoxy) is 1. The second-order valence-corrected chi connectivity index (χ2v) is 4.87. The highest BCUT2D eigenvalue weighted by Gasteiger charge is 2.12. The Morgan fingerprint density at radius 2 is 1.83 bits per heavy atom. The lowest BCUT2D eigenvalue weighted by atomic mass is 10.1. The first-order valence-electron chi connectivity index (χ1n) is 6.96. The van der Waals surface area contributed by atoms with Gasteiger partial charge in [0.1, 0.15) is 11.5 Å². The molecule has 5 nitrogen and oxygen atoms in total. The minimum absolute atomic E-state index is 0.309. The maximum Gasteiger partial charge on any atom is 0.337 e. The minimum Gasteiger partial charge on any atom is -0.465 e. The van der Waals surface area contributed by atoms with Gasteiger partial charge < -0.3 is 10.1 Å². The van der Waals surface area contributed by atoms with E-state index in [2.05, 4.69) is 15.3 Å². The number of halogens is 1. The van der Waals surface area contributed by atoms with Crippen molar-refractivity contribution in [2.45, 2.75) is 0 Å². The van der Waals surface area contributed by atoms with Crippen LogP contribution in [0.15, 0.2) is 42.5 Å². The van der Waals surface area contributed by atoms with Crippen LogP contribution in [0.2, 0.25) is 0 Å². The van der Waals surface area contributed by atoms with E-state index >= 15 is 0 Å². The fourth-order valence-electron chi connectivity index (χ4n) is 2.28. The molecule has 0 aliphatic carbocycles. The molecule has 23 heavy (non-hydrogen) atoms. The number of hydrogen-bond acceptors (Lipinski definition) is 5. The molecule has 1 heterocycles. The van der Waals surface area contributed by atoms with Crippen LogP contribution in [0.3, 0.4) is 0 Å². The summed E-state index contributed by atoms with van der Waals surface area (Å²) in [5.41, 5.74) is 2.98. The van der Waals surface area contributed by atoms with Crippen LogP contribution in [-0.4, -0.2) is 30.1 Å². The van der Waals surface area contributed by atoms with E-state index < -0.39 is 5.97 Å². The average Bonchev–Trinajstić information content (AvgIpc) is 2.60. The molecule has 0 amide bonds. The highest BCUT2D eigenvalue weighted by Crippen LogP contribution is 2.27. The zero-order valence-corrected chi connectivity index (χ0v) is 12.6. The molecule has 3 aromatic rings. The Hall–Kier alpha value is -3.02. The summed E-state index contributed by atoms with van der Waals surface area (Å²) in [7, 11) is 3.06. The van der Waals surface area contributed by atoms with Crippen molar-refractivity contribution in [3.8, 4) is 11.3 Å². The number of fused-ring (bicyclic) bond motifs is 1. The largest absolute Gasteiger partial charge is 0.465 e. The van der Waals surface area contributed by atoms with Crippen molar-refractivity contribution in [3.63, 3.8) is 0 Å². The van der Waals surface area contributed by atoms with Crippen LogP contribution in [0.25, 0.3) is 22.3 Å². The number of carbonyl (C=O) groups is 1. The number of nitrogens with zero attached hydrogens (tertiary/aromatic N) is 2. The first-order valence-corrected chi connectivity index (χ1v) is 6.96. The second-order valence-electron chi connectivity index (χ2n) is 4.87. The zero-order chi connectivity index (χ0) is 16.4.